The quantitative estimate of drug-likeness (QED) is 0.800. The average Bonchev–Trinajstić information content (AvgIpc) is 2.64. The molecule has 0 heterocycles. The van der Waals surface area contributed by atoms with E-state index < -0.39 is 0 Å². The molecule has 1 aromatic rings. The van der Waals surface area contributed by atoms with Crippen molar-refractivity contribution in [3.05, 3.63) is 33.8 Å². The summed E-state index contributed by atoms with van der Waals surface area (Å²) < 4.78 is 0. The first-order valence-corrected chi connectivity index (χ1v) is 5.64. The molecule has 0 bridgehead atoms. The highest BCUT2D eigenvalue weighted by atomic mass is 35.5. The molecule has 0 atom stereocenters. The third kappa shape index (κ3) is 2.06. The first-order valence-electron chi connectivity index (χ1n) is 5.27. The van der Waals surface area contributed by atoms with Gasteiger partial charge >= 0.3 is 0 Å². The number of Topliss-reactive ketones (excluding diaryl/α,β-unsaturated/α-hetero) is 1. The molecule has 3 heteroatoms. The van der Waals surface area contributed by atoms with Crippen LogP contribution in [0.2, 0.25) is 5.02 Å². The van der Waals surface area contributed by atoms with Crippen molar-refractivity contribution in [1.82, 2.24) is 0 Å². The van der Waals surface area contributed by atoms with E-state index in [0.717, 1.165) is 24.8 Å². The topological polar surface area (TPSA) is 43.1 Å². The zero-order valence-corrected chi connectivity index (χ0v) is 9.31. The number of carbonyl (C=O) groups is 1. The lowest BCUT2D eigenvalue weighted by Gasteiger charge is -2.07. The largest absolute Gasteiger partial charge is 0.330 e. The molecule has 2 rings (SSSR count). The van der Waals surface area contributed by atoms with Gasteiger partial charge in [0.1, 0.15) is 0 Å². The second-order valence-corrected chi connectivity index (χ2v) is 4.34. The maximum atomic E-state index is 11.8. The van der Waals surface area contributed by atoms with E-state index in [1.165, 1.54) is 11.1 Å². The molecule has 2 nitrogen and oxygen atoms in total. The monoisotopic (exact) mass is 223 g/mol. The Balaban J connectivity index is 2.42. The maximum Gasteiger partial charge on any atom is 0.164 e. The Morgan fingerprint density at radius 1 is 1.40 bits per heavy atom. The average molecular weight is 224 g/mol. The number of rotatable bonds is 3. The number of aryl methyl sites for hydroxylation is 1. The van der Waals surface area contributed by atoms with Gasteiger partial charge in [0.15, 0.2) is 5.78 Å². The molecule has 80 valence electrons. The van der Waals surface area contributed by atoms with Crippen LogP contribution in [0.3, 0.4) is 0 Å². The summed E-state index contributed by atoms with van der Waals surface area (Å²) in [5, 5.41) is 0.663. The van der Waals surface area contributed by atoms with Crippen molar-refractivity contribution < 1.29 is 4.79 Å². The summed E-state index contributed by atoms with van der Waals surface area (Å²) in [5.41, 5.74) is 8.62. The van der Waals surface area contributed by atoms with Gasteiger partial charge in [-0.3, -0.25) is 4.79 Å². The Labute approximate surface area is 94.4 Å². The van der Waals surface area contributed by atoms with Crippen LogP contribution in [-0.4, -0.2) is 12.3 Å². The zero-order chi connectivity index (χ0) is 10.8. The van der Waals surface area contributed by atoms with Crippen LogP contribution in [0, 0.1) is 0 Å². The smallest absolute Gasteiger partial charge is 0.164 e. The van der Waals surface area contributed by atoms with Crippen molar-refractivity contribution in [2.75, 3.05) is 6.54 Å². The summed E-state index contributed by atoms with van der Waals surface area (Å²) in [6, 6.07) is 3.76. The number of hydrogen-bond acceptors (Lipinski definition) is 2. The van der Waals surface area contributed by atoms with Crippen LogP contribution in [0.5, 0.6) is 0 Å². The Morgan fingerprint density at radius 3 is 2.93 bits per heavy atom. The summed E-state index contributed by atoms with van der Waals surface area (Å²) in [4.78, 5) is 11.8. The maximum absolute atomic E-state index is 11.8. The van der Waals surface area contributed by atoms with Crippen LogP contribution in [0.15, 0.2) is 12.1 Å². The van der Waals surface area contributed by atoms with E-state index in [1.54, 1.807) is 6.07 Å². The number of nitrogens with two attached hydrogens (primary N) is 1. The van der Waals surface area contributed by atoms with Gasteiger partial charge in [0, 0.05) is 17.0 Å². The predicted octanol–water partition coefficient (Wildman–Crippen LogP) is 2.36. The molecule has 0 spiro atoms. The van der Waals surface area contributed by atoms with Gasteiger partial charge in [-0.25, -0.2) is 0 Å². The SMILES string of the molecule is NCCC(=O)c1cc(Cl)cc2c1CCC2. The van der Waals surface area contributed by atoms with Gasteiger partial charge in [-0.1, -0.05) is 11.6 Å². The van der Waals surface area contributed by atoms with E-state index in [9.17, 15) is 4.79 Å². The van der Waals surface area contributed by atoms with Crippen LogP contribution in [-0.2, 0) is 12.8 Å². The van der Waals surface area contributed by atoms with Gasteiger partial charge in [0.05, 0.1) is 0 Å². The van der Waals surface area contributed by atoms with E-state index in [0.29, 0.717) is 18.0 Å². The Kier molecular flexibility index (Phi) is 3.08. The van der Waals surface area contributed by atoms with Gasteiger partial charge in [0.25, 0.3) is 0 Å². The van der Waals surface area contributed by atoms with Crippen molar-refractivity contribution in [3.8, 4) is 0 Å². The number of carbonyl (C=O) groups excluding carboxylic acids is 1. The Hall–Kier alpha value is -0.860. The molecule has 15 heavy (non-hydrogen) atoms. The molecule has 1 aliphatic rings. The fourth-order valence-corrected chi connectivity index (χ4v) is 2.42. The molecule has 0 aliphatic heterocycles. The fourth-order valence-electron chi connectivity index (χ4n) is 2.18. The summed E-state index contributed by atoms with van der Waals surface area (Å²) in [5.74, 6) is 0.123. The third-order valence-corrected chi connectivity index (χ3v) is 3.07. The summed E-state index contributed by atoms with van der Waals surface area (Å²) >= 11 is 5.99. The molecular weight excluding hydrogens is 210 g/mol. The highest BCUT2D eigenvalue weighted by molar-refractivity contribution is 6.31. The highest BCUT2D eigenvalue weighted by Gasteiger charge is 2.19. The van der Waals surface area contributed by atoms with Crippen molar-refractivity contribution >= 4 is 17.4 Å². The molecule has 0 radical (unpaired) electrons. The standard InChI is InChI=1S/C12H14ClNO/c13-9-6-8-2-1-3-10(8)11(7-9)12(15)4-5-14/h6-7H,1-5,14H2. The Bertz CT molecular complexity index is 401. The number of hydrogen-bond donors (Lipinski definition) is 1. The van der Waals surface area contributed by atoms with E-state index in [-0.39, 0.29) is 5.78 Å². The molecule has 2 N–H and O–H groups in total. The van der Waals surface area contributed by atoms with E-state index in [2.05, 4.69) is 0 Å². The molecule has 0 saturated heterocycles. The Morgan fingerprint density at radius 2 is 2.20 bits per heavy atom. The molecular formula is C12H14ClNO. The molecule has 0 unspecified atom stereocenters. The van der Waals surface area contributed by atoms with E-state index in [1.807, 2.05) is 6.07 Å². The van der Waals surface area contributed by atoms with Gasteiger partial charge in [-0.05, 0) is 49.1 Å². The third-order valence-electron chi connectivity index (χ3n) is 2.85. The lowest BCUT2D eigenvalue weighted by Crippen LogP contribution is -2.10. The lowest BCUT2D eigenvalue weighted by atomic mass is 9.98. The van der Waals surface area contributed by atoms with E-state index in [4.69, 9.17) is 17.3 Å². The first-order chi connectivity index (χ1) is 7.22. The molecule has 1 aliphatic carbocycles. The summed E-state index contributed by atoms with van der Waals surface area (Å²) in [6.45, 7) is 0.403. The molecule has 0 aromatic heterocycles. The zero-order valence-electron chi connectivity index (χ0n) is 8.55. The van der Waals surface area contributed by atoms with Crippen molar-refractivity contribution in [3.63, 3.8) is 0 Å². The lowest BCUT2D eigenvalue weighted by molar-refractivity contribution is 0.0984. The van der Waals surface area contributed by atoms with Crippen LogP contribution in [0.25, 0.3) is 0 Å². The van der Waals surface area contributed by atoms with Crippen molar-refractivity contribution in [2.24, 2.45) is 5.73 Å². The number of fused-ring (bicyclic) bond motifs is 1. The van der Waals surface area contributed by atoms with Gasteiger partial charge < -0.3 is 5.73 Å². The second kappa shape index (κ2) is 4.33. The molecule has 0 amide bonds. The molecule has 1 aromatic carbocycles. The normalized spacial score (nSPS) is 14.0. The van der Waals surface area contributed by atoms with Gasteiger partial charge in [0.2, 0.25) is 0 Å². The van der Waals surface area contributed by atoms with Crippen molar-refractivity contribution in [2.45, 2.75) is 25.7 Å². The van der Waals surface area contributed by atoms with Crippen LogP contribution < -0.4 is 5.73 Å². The van der Waals surface area contributed by atoms with E-state index >= 15 is 0 Å². The predicted molar refractivity (Wildman–Crippen MR) is 61.5 cm³/mol. The minimum atomic E-state index is 0.123. The second-order valence-electron chi connectivity index (χ2n) is 3.91. The van der Waals surface area contributed by atoms with Crippen LogP contribution >= 0.6 is 11.6 Å². The summed E-state index contributed by atoms with van der Waals surface area (Å²) in [6.07, 6.45) is 3.57. The van der Waals surface area contributed by atoms with Gasteiger partial charge in [-0.2, -0.15) is 0 Å². The number of ketones is 1. The minimum absolute atomic E-state index is 0.123. The minimum Gasteiger partial charge on any atom is -0.330 e. The fraction of sp³-hybridized carbons (Fsp3) is 0.417. The van der Waals surface area contributed by atoms with Crippen LogP contribution in [0.4, 0.5) is 0 Å². The van der Waals surface area contributed by atoms with Crippen LogP contribution in [0.1, 0.15) is 34.3 Å². The first kappa shape index (κ1) is 10.7. The number of benzene rings is 1. The van der Waals surface area contributed by atoms with Crippen molar-refractivity contribution in [1.29, 1.82) is 0 Å². The van der Waals surface area contributed by atoms with Gasteiger partial charge in [-0.15, -0.1) is 0 Å². The summed E-state index contributed by atoms with van der Waals surface area (Å²) in [7, 11) is 0. The number of halogens is 1. The molecule has 0 saturated carbocycles. The highest BCUT2D eigenvalue weighted by Crippen LogP contribution is 2.29. The molecule has 0 fully saturated rings.